The van der Waals surface area contributed by atoms with E-state index in [1.54, 1.807) is 14.2 Å². The molecule has 0 bridgehead atoms. The van der Waals surface area contributed by atoms with E-state index >= 15 is 0 Å². The van der Waals surface area contributed by atoms with Crippen molar-refractivity contribution in [1.29, 1.82) is 0 Å². The highest BCUT2D eigenvalue weighted by Crippen LogP contribution is 2.33. The van der Waals surface area contributed by atoms with Gasteiger partial charge in [0.25, 0.3) is 0 Å². The lowest BCUT2D eigenvalue weighted by Gasteiger charge is -2.22. The lowest BCUT2D eigenvalue weighted by atomic mass is 9.99. The van der Waals surface area contributed by atoms with Gasteiger partial charge in [-0.3, -0.25) is 11.3 Å². The summed E-state index contributed by atoms with van der Waals surface area (Å²) in [5.41, 5.74) is 3.89. The standard InChI is InChI=1S/C14H22N2O3/c1-17-10-5-6-12(14(9-10)18-2)13(16-15)8-11-4-3-7-19-11/h5-6,9,11,13,16H,3-4,7-8,15H2,1-2H3. The number of benzene rings is 1. The van der Waals surface area contributed by atoms with Crippen LogP contribution in [0.25, 0.3) is 0 Å². The van der Waals surface area contributed by atoms with Crippen molar-refractivity contribution >= 4 is 0 Å². The molecule has 1 aromatic carbocycles. The first-order valence-corrected chi connectivity index (χ1v) is 6.58. The van der Waals surface area contributed by atoms with E-state index in [2.05, 4.69) is 5.43 Å². The lowest BCUT2D eigenvalue weighted by molar-refractivity contribution is 0.0943. The highest BCUT2D eigenvalue weighted by atomic mass is 16.5. The van der Waals surface area contributed by atoms with Crippen LogP contribution in [0.15, 0.2) is 18.2 Å². The molecule has 0 aliphatic carbocycles. The van der Waals surface area contributed by atoms with E-state index in [0.717, 1.165) is 42.9 Å². The number of hydrazine groups is 1. The predicted octanol–water partition coefficient (Wildman–Crippen LogP) is 1.78. The van der Waals surface area contributed by atoms with E-state index in [1.807, 2.05) is 18.2 Å². The molecule has 106 valence electrons. The zero-order chi connectivity index (χ0) is 13.7. The Labute approximate surface area is 114 Å². The summed E-state index contributed by atoms with van der Waals surface area (Å²) in [7, 11) is 3.29. The highest BCUT2D eigenvalue weighted by molar-refractivity contribution is 5.42. The smallest absolute Gasteiger partial charge is 0.127 e. The molecule has 0 saturated carbocycles. The molecule has 3 N–H and O–H groups in total. The minimum atomic E-state index is 0.0176. The molecule has 1 fully saturated rings. The lowest BCUT2D eigenvalue weighted by Crippen LogP contribution is -2.31. The van der Waals surface area contributed by atoms with Crippen molar-refractivity contribution in [2.24, 2.45) is 5.84 Å². The van der Waals surface area contributed by atoms with Gasteiger partial charge in [0.1, 0.15) is 11.5 Å². The number of nitrogens with two attached hydrogens (primary N) is 1. The van der Waals surface area contributed by atoms with Crippen LogP contribution < -0.4 is 20.7 Å². The van der Waals surface area contributed by atoms with Gasteiger partial charge in [-0.15, -0.1) is 0 Å². The Morgan fingerprint density at radius 1 is 1.42 bits per heavy atom. The van der Waals surface area contributed by atoms with Gasteiger partial charge in [0.2, 0.25) is 0 Å². The molecule has 0 radical (unpaired) electrons. The van der Waals surface area contributed by atoms with E-state index in [0.29, 0.717) is 0 Å². The second kappa shape index (κ2) is 6.75. The maximum atomic E-state index is 5.68. The molecule has 0 spiro atoms. The number of ether oxygens (including phenoxy) is 3. The molecule has 2 unspecified atom stereocenters. The third-order valence-corrected chi connectivity index (χ3v) is 3.54. The molecule has 5 nitrogen and oxygen atoms in total. The summed E-state index contributed by atoms with van der Waals surface area (Å²) in [6.07, 6.45) is 3.34. The zero-order valence-electron chi connectivity index (χ0n) is 11.5. The van der Waals surface area contributed by atoms with Gasteiger partial charge in [-0.2, -0.15) is 0 Å². The molecule has 1 aliphatic rings. The molecular weight excluding hydrogens is 244 g/mol. The van der Waals surface area contributed by atoms with E-state index in [1.165, 1.54) is 0 Å². The molecular formula is C14H22N2O3. The van der Waals surface area contributed by atoms with Gasteiger partial charge in [-0.1, -0.05) is 6.07 Å². The average molecular weight is 266 g/mol. The number of hydrogen-bond acceptors (Lipinski definition) is 5. The third kappa shape index (κ3) is 3.37. The van der Waals surface area contributed by atoms with Crippen LogP contribution in [0.5, 0.6) is 11.5 Å². The van der Waals surface area contributed by atoms with Crippen LogP contribution in [-0.4, -0.2) is 26.9 Å². The summed E-state index contributed by atoms with van der Waals surface area (Å²) >= 11 is 0. The Kier molecular flexibility index (Phi) is 5.01. The van der Waals surface area contributed by atoms with E-state index in [-0.39, 0.29) is 12.1 Å². The second-order valence-corrected chi connectivity index (χ2v) is 4.70. The van der Waals surface area contributed by atoms with E-state index in [4.69, 9.17) is 20.1 Å². The van der Waals surface area contributed by atoms with E-state index < -0.39 is 0 Å². The molecule has 19 heavy (non-hydrogen) atoms. The topological polar surface area (TPSA) is 65.7 Å². The van der Waals surface area contributed by atoms with Gasteiger partial charge >= 0.3 is 0 Å². The molecule has 1 heterocycles. The Morgan fingerprint density at radius 2 is 2.26 bits per heavy atom. The van der Waals surface area contributed by atoms with Gasteiger partial charge in [-0.05, 0) is 25.3 Å². The summed E-state index contributed by atoms with van der Waals surface area (Å²) in [4.78, 5) is 0. The predicted molar refractivity (Wildman–Crippen MR) is 73.2 cm³/mol. The first kappa shape index (κ1) is 14.1. The monoisotopic (exact) mass is 266 g/mol. The zero-order valence-corrected chi connectivity index (χ0v) is 11.5. The summed E-state index contributed by atoms with van der Waals surface area (Å²) in [5.74, 6) is 7.23. The van der Waals surface area contributed by atoms with Crippen molar-refractivity contribution in [1.82, 2.24) is 5.43 Å². The van der Waals surface area contributed by atoms with Crippen molar-refractivity contribution < 1.29 is 14.2 Å². The Bertz CT molecular complexity index is 406. The minimum absolute atomic E-state index is 0.0176. The third-order valence-electron chi connectivity index (χ3n) is 3.54. The molecule has 2 rings (SSSR count). The Morgan fingerprint density at radius 3 is 2.84 bits per heavy atom. The fraction of sp³-hybridized carbons (Fsp3) is 0.571. The molecule has 2 atom stereocenters. The van der Waals surface area contributed by atoms with Gasteiger partial charge < -0.3 is 14.2 Å². The van der Waals surface area contributed by atoms with Crippen LogP contribution in [0.3, 0.4) is 0 Å². The molecule has 0 amide bonds. The van der Waals surface area contributed by atoms with Crippen molar-refractivity contribution in [2.45, 2.75) is 31.4 Å². The van der Waals surface area contributed by atoms with Crippen molar-refractivity contribution in [3.05, 3.63) is 23.8 Å². The average Bonchev–Trinajstić information content (AvgIpc) is 2.97. The normalized spacial score (nSPS) is 20.3. The number of hydrogen-bond donors (Lipinski definition) is 2. The van der Waals surface area contributed by atoms with Crippen molar-refractivity contribution in [2.75, 3.05) is 20.8 Å². The number of methoxy groups -OCH3 is 2. The SMILES string of the molecule is COc1ccc(C(CC2CCCO2)NN)c(OC)c1. The van der Waals surface area contributed by atoms with Crippen LogP contribution >= 0.6 is 0 Å². The van der Waals surface area contributed by atoms with Crippen LogP contribution in [-0.2, 0) is 4.74 Å². The number of rotatable bonds is 6. The van der Waals surface area contributed by atoms with Gasteiger partial charge in [0.15, 0.2) is 0 Å². The number of nitrogens with one attached hydrogen (secondary N) is 1. The van der Waals surface area contributed by atoms with Crippen LogP contribution in [0, 0.1) is 0 Å². The summed E-state index contributed by atoms with van der Waals surface area (Å²) in [5, 5.41) is 0. The molecule has 1 aromatic rings. The summed E-state index contributed by atoms with van der Waals surface area (Å²) in [6.45, 7) is 0.849. The quantitative estimate of drug-likeness (QED) is 0.607. The molecule has 5 heteroatoms. The summed E-state index contributed by atoms with van der Waals surface area (Å²) < 4.78 is 16.3. The molecule has 1 aliphatic heterocycles. The maximum Gasteiger partial charge on any atom is 0.127 e. The fourth-order valence-corrected chi connectivity index (χ4v) is 2.48. The van der Waals surface area contributed by atoms with E-state index in [9.17, 15) is 0 Å². The van der Waals surface area contributed by atoms with Crippen LogP contribution in [0.2, 0.25) is 0 Å². The van der Waals surface area contributed by atoms with Gasteiger partial charge in [0.05, 0.1) is 26.4 Å². The second-order valence-electron chi connectivity index (χ2n) is 4.70. The molecule has 0 aromatic heterocycles. The molecule has 1 saturated heterocycles. The Hall–Kier alpha value is -1.30. The maximum absolute atomic E-state index is 5.68. The first-order chi connectivity index (χ1) is 9.28. The minimum Gasteiger partial charge on any atom is -0.497 e. The largest absolute Gasteiger partial charge is 0.497 e. The Balaban J connectivity index is 2.16. The first-order valence-electron chi connectivity index (χ1n) is 6.58. The van der Waals surface area contributed by atoms with Gasteiger partial charge in [0, 0.05) is 18.2 Å². The summed E-state index contributed by atoms with van der Waals surface area (Å²) in [6, 6.07) is 5.79. The fourth-order valence-electron chi connectivity index (χ4n) is 2.48. The van der Waals surface area contributed by atoms with Crippen molar-refractivity contribution in [3.8, 4) is 11.5 Å². The van der Waals surface area contributed by atoms with Gasteiger partial charge in [-0.25, -0.2) is 0 Å². The van der Waals surface area contributed by atoms with Crippen molar-refractivity contribution in [3.63, 3.8) is 0 Å². The van der Waals surface area contributed by atoms with Crippen LogP contribution in [0.4, 0.5) is 0 Å². The van der Waals surface area contributed by atoms with Crippen LogP contribution in [0.1, 0.15) is 30.9 Å². The highest BCUT2D eigenvalue weighted by Gasteiger charge is 2.23.